The molecule has 128 valence electrons. The van der Waals surface area contributed by atoms with Crippen LogP contribution in [0.25, 0.3) is 0 Å². The lowest BCUT2D eigenvalue weighted by Crippen LogP contribution is -2.04. The van der Waals surface area contributed by atoms with Crippen LogP contribution < -0.4 is 4.74 Å². The van der Waals surface area contributed by atoms with Crippen LogP contribution in [0.4, 0.5) is 0 Å². The first-order valence-electron chi connectivity index (χ1n) is 8.62. The number of aromatic hydroxyl groups is 1. The highest BCUT2D eigenvalue weighted by Gasteiger charge is 2.20. The summed E-state index contributed by atoms with van der Waals surface area (Å²) in [6.45, 7) is 4.29. The molecule has 25 heavy (non-hydrogen) atoms. The van der Waals surface area contributed by atoms with E-state index < -0.39 is 0 Å². The van der Waals surface area contributed by atoms with Crippen LogP contribution in [0.2, 0.25) is 0 Å². The Hall–Kier alpha value is -2.74. The summed E-state index contributed by atoms with van der Waals surface area (Å²) in [5, 5.41) is 10.6. The average Bonchev–Trinajstić information content (AvgIpc) is 2.68. The van der Waals surface area contributed by atoms with Gasteiger partial charge in [0.1, 0.15) is 11.5 Å². The van der Waals surface area contributed by atoms with Crippen LogP contribution in [0.1, 0.15) is 47.9 Å². The first-order chi connectivity index (χ1) is 12.1. The van der Waals surface area contributed by atoms with E-state index in [1.165, 1.54) is 11.1 Å². The number of rotatable bonds is 5. The van der Waals surface area contributed by atoms with Crippen molar-refractivity contribution in [1.29, 1.82) is 0 Å². The number of ether oxygens (including phenoxy) is 1. The molecule has 0 aliphatic carbocycles. The van der Waals surface area contributed by atoms with Crippen LogP contribution in [0.5, 0.6) is 11.5 Å². The van der Waals surface area contributed by atoms with Gasteiger partial charge in [-0.25, -0.2) is 0 Å². The van der Waals surface area contributed by atoms with Crippen LogP contribution in [0, 0.1) is 0 Å². The van der Waals surface area contributed by atoms with Gasteiger partial charge in [0.15, 0.2) is 0 Å². The van der Waals surface area contributed by atoms with Crippen molar-refractivity contribution >= 4 is 0 Å². The molecular formula is C23H24O2. The zero-order valence-corrected chi connectivity index (χ0v) is 14.9. The van der Waals surface area contributed by atoms with Crippen LogP contribution >= 0.6 is 0 Å². The minimum atomic E-state index is 0.105. The lowest BCUT2D eigenvalue weighted by molar-refractivity contribution is 0.400. The zero-order valence-electron chi connectivity index (χ0n) is 14.9. The van der Waals surface area contributed by atoms with Gasteiger partial charge in [0.2, 0.25) is 0 Å². The molecule has 0 bridgehead atoms. The molecule has 0 aromatic heterocycles. The predicted molar refractivity (Wildman–Crippen MR) is 103 cm³/mol. The molecular weight excluding hydrogens is 308 g/mol. The predicted octanol–water partition coefficient (Wildman–Crippen LogP) is 5.70. The second kappa shape index (κ2) is 7.43. The van der Waals surface area contributed by atoms with Crippen LogP contribution in [-0.2, 0) is 0 Å². The fraction of sp³-hybridized carbons (Fsp3) is 0.217. The van der Waals surface area contributed by atoms with Crippen molar-refractivity contribution in [3.8, 4) is 11.5 Å². The van der Waals surface area contributed by atoms with Crippen molar-refractivity contribution in [2.45, 2.75) is 25.7 Å². The van der Waals surface area contributed by atoms with Crippen LogP contribution in [0.3, 0.4) is 0 Å². The van der Waals surface area contributed by atoms with E-state index in [1.54, 1.807) is 13.2 Å². The maximum Gasteiger partial charge on any atom is 0.126 e. The SMILES string of the molecule is COc1cc(O)c(C(C)c2ccccc2)cc1C(C)c1ccccc1. The van der Waals surface area contributed by atoms with E-state index in [0.717, 1.165) is 16.9 Å². The molecule has 3 aromatic carbocycles. The molecule has 0 aliphatic heterocycles. The van der Waals surface area contributed by atoms with Crippen molar-refractivity contribution in [3.63, 3.8) is 0 Å². The van der Waals surface area contributed by atoms with Gasteiger partial charge in [-0.2, -0.15) is 0 Å². The second-order valence-corrected chi connectivity index (χ2v) is 6.42. The molecule has 1 N–H and O–H groups in total. The van der Waals surface area contributed by atoms with Gasteiger partial charge in [0, 0.05) is 29.0 Å². The highest BCUT2D eigenvalue weighted by Crippen LogP contribution is 2.40. The second-order valence-electron chi connectivity index (χ2n) is 6.42. The molecule has 0 spiro atoms. The monoisotopic (exact) mass is 332 g/mol. The molecule has 0 fully saturated rings. The minimum absolute atomic E-state index is 0.105. The van der Waals surface area contributed by atoms with E-state index >= 15 is 0 Å². The van der Waals surface area contributed by atoms with E-state index in [0.29, 0.717) is 0 Å². The third-order valence-electron chi connectivity index (χ3n) is 4.91. The van der Waals surface area contributed by atoms with Gasteiger partial charge in [-0.3, -0.25) is 0 Å². The standard InChI is InChI=1S/C23H24O2/c1-16(18-10-6-4-7-11-18)20-14-21(23(25-3)15-22(20)24)17(2)19-12-8-5-9-13-19/h4-17,24H,1-3H3. The van der Waals surface area contributed by atoms with Crippen molar-refractivity contribution in [2.24, 2.45) is 0 Å². The maximum atomic E-state index is 10.6. The van der Waals surface area contributed by atoms with Crippen molar-refractivity contribution < 1.29 is 9.84 Å². The van der Waals surface area contributed by atoms with Crippen molar-refractivity contribution in [3.05, 3.63) is 95.1 Å². The van der Waals surface area contributed by atoms with Gasteiger partial charge >= 0.3 is 0 Å². The molecule has 2 heteroatoms. The van der Waals surface area contributed by atoms with Crippen molar-refractivity contribution in [2.75, 3.05) is 7.11 Å². The zero-order chi connectivity index (χ0) is 17.8. The molecule has 2 unspecified atom stereocenters. The van der Waals surface area contributed by atoms with E-state index in [2.05, 4.69) is 44.2 Å². The summed E-state index contributed by atoms with van der Waals surface area (Å²) in [7, 11) is 1.65. The summed E-state index contributed by atoms with van der Waals surface area (Å²) in [5.74, 6) is 1.28. The topological polar surface area (TPSA) is 29.5 Å². The Kier molecular flexibility index (Phi) is 5.08. The third-order valence-corrected chi connectivity index (χ3v) is 4.91. The summed E-state index contributed by atoms with van der Waals surface area (Å²) in [4.78, 5) is 0. The Labute approximate surface area is 149 Å². The Balaban J connectivity index is 2.07. The third kappa shape index (κ3) is 3.53. The smallest absolute Gasteiger partial charge is 0.126 e. The minimum Gasteiger partial charge on any atom is -0.508 e. The number of methoxy groups -OCH3 is 1. The maximum absolute atomic E-state index is 10.6. The van der Waals surface area contributed by atoms with E-state index in [4.69, 9.17) is 4.74 Å². The fourth-order valence-electron chi connectivity index (χ4n) is 3.31. The molecule has 0 aliphatic rings. The highest BCUT2D eigenvalue weighted by atomic mass is 16.5. The van der Waals surface area contributed by atoms with Gasteiger partial charge in [-0.1, -0.05) is 74.5 Å². The summed E-state index contributed by atoms with van der Waals surface area (Å²) in [5.41, 5.74) is 4.42. The number of phenols is 1. The molecule has 0 radical (unpaired) electrons. The van der Waals surface area contributed by atoms with Crippen LogP contribution in [-0.4, -0.2) is 12.2 Å². The number of phenolic OH excluding ortho intramolecular Hbond substituents is 1. The van der Waals surface area contributed by atoms with E-state index in [1.807, 2.05) is 36.4 Å². The Morgan fingerprint density at radius 1 is 0.720 bits per heavy atom. The number of benzene rings is 3. The quantitative estimate of drug-likeness (QED) is 0.649. The summed E-state index contributed by atoms with van der Waals surface area (Å²) >= 11 is 0. The highest BCUT2D eigenvalue weighted by molar-refractivity contribution is 5.52. The normalized spacial score (nSPS) is 13.2. The first-order valence-corrected chi connectivity index (χ1v) is 8.62. The molecule has 0 saturated heterocycles. The van der Waals surface area contributed by atoms with Crippen LogP contribution in [0.15, 0.2) is 72.8 Å². The lowest BCUT2D eigenvalue weighted by atomic mass is 9.86. The van der Waals surface area contributed by atoms with Crippen molar-refractivity contribution in [1.82, 2.24) is 0 Å². The Morgan fingerprint density at radius 3 is 1.68 bits per heavy atom. The van der Waals surface area contributed by atoms with E-state index in [-0.39, 0.29) is 17.6 Å². The summed E-state index contributed by atoms with van der Waals surface area (Å²) in [6, 6.07) is 24.4. The number of hydrogen-bond acceptors (Lipinski definition) is 2. The summed E-state index contributed by atoms with van der Waals surface area (Å²) in [6.07, 6.45) is 0. The summed E-state index contributed by atoms with van der Waals surface area (Å²) < 4.78 is 5.55. The average molecular weight is 332 g/mol. The molecule has 0 saturated carbocycles. The first kappa shape index (κ1) is 17.1. The molecule has 2 nitrogen and oxygen atoms in total. The molecule has 3 rings (SSSR count). The fourth-order valence-corrected chi connectivity index (χ4v) is 3.31. The Morgan fingerprint density at radius 2 is 1.20 bits per heavy atom. The van der Waals surface area contributed by atoms with Gasteiger partial charge < -0.3 is 9.84 Å². The molecule has 0 amide bonds. The van der Waals surface area contributed by atoms with E-state index in [9.17, 15) is 5.11 Å². The van der Waals surface area contributed by atoms with Gasteiger partial charge in [0.05, 0.1) is 7.11 Å². The van der Waals surface area contributed by atoms with Gasteiger partial charge in [-0.15, -0.1) is 0 Å². The largest absolute Gasteiger partial charge is 0.508 e. The Bertz CT molecular complexity index is 825. The molecule has 0 heterocycles. The van der Waals surface area contributed by atoms with Gasteiger partial charge in [0.25, 0.3) is 0 Å². The lowest BCUT2D eigenvalue weighted by Gasteiger charge is -2.21. The number of hydrogen-bond donors (Lipinski definition) is 1. The molecule has 3 aromatic rings. The molecule has 2 atom stereocenters. The van der Waals surface area contributed by atoms with Gasteiger partial charge in [-0.05, 0) is 17.2 Å².